The third kappa shape index (κ3) is 4.71. The van der Waals surface area contributed by atoms with Crippen molar-refractivity contribution < 1.29 is 19.1 Å². The first-order valence-corrected chi connectivity index (χ1v) is 9.03. The van der Waals surface area contributed by atoms with Gasteiger partial charge in [-0.05, 0) is 50.6 Å². The fourth-order valence-electron chi connectivity index (χ4n) is 2.88. The second kappa shape index (κ2) is 7.76. The highest BCUT2D eigenvalue weighted by Gasteiger charge is 2.18. The number of aromatic nitrogens is 1. The average molecular weight is 380 g/mol. The number of esters is 1. The van der Waals surface area contributed by atoms with E-state index in [0.717, 1.165) is 16.5 Å². The smallest absolute Gasteiger partial charge is 0.310 e. The molecule has 3 rings (SSSR count). The zero-order valence-electron chi connectivity index (χ0n) is 16.5. The van der Waals surface area contributed by atoms with Crippen LogP contribution in [0.2, 0.25) is 0 Å². The number of carbonyl (C=O) groups excluding carboxylic acids is 2. The summed E-state index contributed by atoms with van der Waals surface area (Å²) in [5.41, 5.74) is 2.09. The first-order valence-electron chi connectivity index (χ1n) is 9.03. The molecular formula is C22H24N2O4. The van der Waals surface area contributed by atoms with E-state index >= 15 is 0 Å². The molecule has 0 atom stereocenters. The van der Waals surface area contributed by atoms with Crippen LogP contribution >= 0.6 is 0 Å². The Balaban J connectivity index is 1.74. The summed E-state index contributed by atoms with van der Waals surface area (Å²) < 4.78 is 10.7. The van der Waals surface area contributed by atoms with E-state index in [0.29, 0.717) is 17.1 Å². The van der Waals surface area contributed by atoms with Gasteiger partial charge in [0.05, 0.1) is 19.2 Å². The molecule has 6 nitrogen and oxygen atoms in total. The molecule has 2 N–H and O–H groups in total. The first kappa shape index (κ1) is 19.5. The maximum Gasteiger partial charge on any atom is 0.310 e. The number of anilines is 1. The van der Waals surface area contributed by atoms with Gasteiger partial charge in [-0.1, -0.05) is 24.3 Å². The van der Waals surface area contributed by atoms with Crippen LogP contribution in [0.5, 0.6) is 5.75 Å². The van der Waals surface area contributed by atoms with E-state index < -0.39 is 5.60 Å². The summed E-state index contributed by atoms with van der Waals surface area (Å²) in [5, 5.41) is 3.81. The minimum atomic E-state index is -0.533. The Morgan fingerprint density at radius 1 is 1.07 bits per heavy atom. The largest absolute Gasteiger partial charge is 0.495 e. The highest BCUT2D eigenvalue weighted by Crippen LogP contribution is 2.27. The summed E-state index contributed by atoms with van der Waals surface area (Å²) in [6, 6.07) is 14.7. The lowest BCUT2D eigenvalue weighted by Gasteiger charge is -2.19. The third-order valence-electron chi connectivity index (χ3n) is 4.06. The Morgan fingerprint density at radius 2 is 1.82 bits per heavy atom. The number of methoxy groups -OCH3 is 1. The lowest BCUT2D eigenvalue weighted by molar-refractivity contribution is -0.153. The summed E-state index contributed by atoms with van der Waals surface area (Å²) in [6.07, 6.45) is 0.129. The normalized spacial score (nSPS) is 11.3. The molecule has 1 amide bonds. The second-order valence-electron chi connectivity index (χ2n) is 7.52. The molecule has 0 spiro atoms. The predicted molar refractivity (Wildman–Crippen MR) is 109 cm³/mol. The van der Waals surface area contributed by atoms with Crippen molar-refractivity contribution in [2.45, 2.75) is 32.8 Å². The molecule has 0 aliphatic heterocycles. The van der Waals surface area contributed by atoms with Gasteiger partial charge in [0.1, 0.15) is 17.0 Å². The molecular weight excluding hydrogens is 356 g/mol. The van der Waals surface area contributed by atoms with Gasteiger partial charge in [-0.3, -0.25) is 9.59 Å². The predicted octanol–water partition coefficient (Wildman–Crippen LogP) is 4.31. The molecule has 0 radical (unpaired) electrons. The zero-order valence-corrected chi connectivity index (χ0v) is 16.5. The van der Waals surface area contributed by atoms with E-state index in [2.05, 4.69) is 10.3 Å². The van der Waals surface area contributed by atoms with Crippen LogP contribution in [0.3, 0.4) is 0 Å². The Bertz CT molecular complexity index is 982. The molecule has 0 fully saturated rings. The van der Waals surface area contributed by atoms with E-state index in [1.54, 1.807) is 24.3 Å². The molecule has 0 saturated carbocycles. The van der Waals surface area contributed by atoms with Crippen molar-refractivity contribution in [1.29, 1.82) is 0 Å². The van der Waals surface area contributed by atoms with E-state index in [4.69, 9.17) is 9.47 Å². The van der Waals surface area contributed by atoms with Gasteiger partial charge in [-0.15, -0.1) is 0 Å². The van der Waals surface area contributed by atoms with Gasteiger partial charge in [0.15, 0.2) is 0 Å². The van der Waals surface area contributed by atoms with E-state index in [1.165, 1.54) is 7.11 Å². The van der Waals surface area contributed by atoms with Crippen LogP contribution in [-0.2, 0) is 16.0 Å². The van der Waals surface area contributed by atoms with Crippen molar-refractivity contribution in [3.05, 3.63) is 59.8 Å². The minimum Gasteiger partial charge on any atom is -0.495 e. The van der Waals surface area contributed by atoms with Crippen LogP contribution in [0, 0.1) is 0 Å². The molecule has 0 unspecified atom stereocenters. The fourth-order valence-corrected chi connectivity index (χ4v) is 2.88. The summed E-state index contributed by atoms with van der Waals surface area (Å²) in [4.78, 5) is 27.7. The van der Waals surface area contributed by atoms with Gasteiger partial charge in [-0.2, -0.15) is 0 Å². The summed E-state index contributed by atoms with van der Waals surface area (Å²) in [5.74, 6) is -0.107. The molecule has 1 heterocycles. The number of para-hydroxylation sites is 1. The van der Waals surface area contributed by atoms with Gasteiger partial charge in [0, 0.05) is 10.9 Å². The lowest BCUT2D eigenvalue weighted by atomic mass is 10.1. The van der Waals surface area contributed by atoms with Gasteiger partial charge in [0.2, 0.25) is 0 Å². The van der Waals surface area contributed by atoms with Crippen LogP contribution in [0.4, 0.5) is 5.69 Å². The Kier molecular flexibility index (Phi) is 5.40. The molecule has 146 valence electrons. The van der Waals surface area contributed by atoms with Crippen LogP contribution < -0.4 is 10.1 Å². The van der Waals surface area contributed by atoms with Gasteiger partial charge in [0.25, 0.3) is 5.91 Å². The van der Waals surface area contributed by atoms with Gasteiger partial charge < -0.3 is 19.8 Å². The van der Waals surface area contributed by atoms with Crippen LogP contribution in [0.15, 0.2) is 48.5 Å². The molecule has 3 aromatic rings. The topological polar surface area (TPSA) is 80.4 Å². The maximum absolute atomic E-state index is 12.6. The molecule has 1 aromatic heterocycles. The maximum atomic E-state index is 12.6. The van der Waals surface area contributed by atoms with Gasteiger partial charge >= 0.3 is 5.97 Å². The number of rotatable bonds is 5. The van der Waals surface area contributed by atoms with Crippen LogP contribution in [0.25, 0.3) is 10.9 Å². The average Bonchev–Trinajstić information content (AvgIpc) is 3.05. The molecule has 0 aliphatic rings. The highest BCUT2D eigenvalue weighted by molar-refractivity contribution is 6.06. The number of carbonyl (C=O) groups is 2. The number of nitrogens with one attached hydrogen (secondary N) is 2. The van der Waals surface area contributed by atoms with Gasteiger partial charge in [-0.25, -0.2) is 0 Å². The molecule has 2 aromatic carbocycles. The van der Waals surface area contributed by atoms with E-state index in [-0.39, 0.29) is 18.3 Å². The number of aromatic amines is 1. The number of benzene rings is 2. The summed E-state index contributed by atoms with van der Waals surface area (Å²) in [7, 11) is 1.52. The van der Waals surface area contributed by atoms with E-state index in [9.17, 15) is 9.59 Å². The molecule has 0 bridgehead atoms. The number of hydrogen-bond donors (Lipinski definition) is 2. The minimum absolute atomic E-state index is 0.129. The summed E-state index contributed by atoms with van der Waals surface area (Å²) >= 11 is 0. The van der Waals surface area contributed by atoms with Crippen LogP contribution in [0.1, 0.15) is 36.8 Å². The highest BCUT2D eigenvalue weighted by atomic mass is 16.6. The molecule has 28 heavy (non-hydrogen) atoms. The fraction of sp³-hybridized carbons (Fsp3) is 0.273. The van der Waals surface area contributed by atoms with E-state index in [1.807, 2.05) is 45.0 Å². The van der Waals surface area contributed by atoms with Crippen molar-refractivity contribution in [3.63, 3.8) is 0 Å². The van der Waals surface area contributed by atoms with Crippen LogP contribution in [-0.4, -0.2) is 29.6 Å². The third-order valence-corrected chi connectivity index (χ3v) is 4.06. The lowest BCUT2D eigenvalue weighted by Crippen LogP contribution is -2.24. The van der Waals surface area contributed by atoms with Crippen molar-refractivity contribution in [2.24, 2.45) is 0 Å². The Hall–Kier alpha value is -3.28. The number of hydrogen-bond acceptors (Lipinski definition) is 4. The molecule has 0 saturated heterocycles. The standard InChI is InChI=1S/C22H24N2O4/c1-22(2,3)28-20(25)12-14-9-10-17(19(11-14)27-4)24-21(26)18-13-15-7-5-6-8-16(15)23-18/h5-11,13,23H,12H2,1-4H3,(H,24,26). The Labute approximate surface area is 163 Å². The number of ether oxygens (including phenoxy) is 2. The van der Waals surface area contributed by atoms with Crippen molar-refractivity contribution in [3.8, 4) is 5.75 Å². The molecule has 0 aliphatic carbocycles. The first-order chi connectivity index (χ1) is 13.2. The SMILES string of the molecule is COc1cc(CC(=O)OC(C)(C)C)ccc1NC(=O)c1cc2ccccc2[nH]1. The second-order valence-corrected chi connectivity index (χ2v) is 7.52. The number of H-pyrrole nitrogens is 1. The zero-order chi connectivity index (χ0) is 20.3. The quantitative estimate of drug-likeness (QED) is 0.646. The Morgan fingerprint density at radius 3 is 2.50 bits per heavy atom. The monoisotopic (exact) mass is 380 g/mol. The molecule has 6 heteroatoms. The van der Waals surface area contributed by atoms with Crippen molar-refractivity contribution in [2.75, 3.05) is 12.4 Å². The van der Waals surface area contributed by atoms with Crippen molar-refractivity contribution in [1.82, 2.24) is 4.98 Å². The summed E-state index contributed by atoms with van der Waals surface area (Å²) in [6.45, 7) is 5.48. The number of amides is 1. The number of fused-ring (bicyclic) bond motifs is 1. The van der Waals surface area contributed by atoms with Crippen molar-refractivity contribution >= 4 is 28.5 Å².